The van der Waals surface area contributed by atoms with Crippen molar-refractivity contribution in [3.05, 3.63) is 0 Å². The lowest BCUT2D eigenvalue weighted by Crippen LogP contribution is -2.26. The minimum atomic E-state index is -0.603. The van der Waals surface area contributed by atoms with Crippen LogP contribution in [0.5, 0.6) is 0 Å². The summed E-state index contributed by atoms with van der Waals surface area (Å²) in [6.45, 7) is 3.63. The predicted octanol–water partition coefficient (Wildman–Crippen LogP) is -1.31. The molecule has 2 N–H and O–H groups in total. The number of likely N-dealkylation sites (tertiary alicyclic amines) is 1. The third-order valence-electron chi connectivity index (χ3n) is 2.32. The lowest BCUT2D eigenvalue weighted by Gasteiger charge is -2.14. The predicted molar refractivity (Wildman–Crippen MR) is 51.1 cm³/mol. The van der Waals surface area contributed by atoms with Crippen molar-refractivity contribution in [1.29, 1.82) is 0 Å². The summed E-state index contributed by atoms with van der Waals surface area (Å²) in [6, 6.07) is 0. The molecule has 1 aliphatic heterocycles. The van der Waals surface area contributed by atoms with Crippen LogP contribution in [0.3, 0.4) is 0 Å². The second kappa shape index (κ2) is 6.31. The van der Waals surface area contributed by atoms with E-state index in [1.165, 1.54) is 0 Å². The maximum Gasteiger partial charge on any atom is 0.0938 e. The number of β-amino-alcohol motifs (C(OH)–C–C–N with tert-alkyl or cyclic N) is 2. The van der Waals surface area contributed by atoms with E-state index in [0.717, 1.165) is 6.54 Å². The lowest BCUT2D eigenvalue weighted by atomic mass is 10.3. The zero-order chi connectivity index (χ0) is 10.4. The van der Waals surface area contributed by atoms with Crippen molar-refractivity contribution >= 4 is 0 Å². The van der Waals surface area contributed by atoms with Crippen molar-refractivity contribution in [2.75, 3.05) is 46.6 Å². The Morgan fingerprint density at radius 3 is 2.36 bits per heavy atom. The van der Waals surface area contributed by atoms with Gasteiger partial charge in [0.25, 0.3) is 0 Å². The third-order valence-corrected chi connectivity index (χ3v) is 2.32. The third kappa shape index (κ3) is 3.89. The molecule has 0 aliphatic carbocycles. The van der Waals surface area contributed by atoms with Gasteiger partial charge in [-0.3, -0.25) is 4.90 Å². The van der Waals surface area contributed by atoms with Crippen molar-refractivity contribution in [3.63, 3.8) is 0 Å². The Morgan fingerprint density at radius 2 is 1.79 bits per heavy atom. The number of methoxy groups -OCH3 is 1. The van der Waals surface area contributed by atoms with Gasteiger partial charge in [0.05, 0.1) is 32.0 Å². The molecule has 1 fully saturated rings. The van der Waals surface area contributed by atoms with Gasteiger partial charge in [-0.15, -0.1) is 0 Å². The summed E-state index contributed by atoms with van der Waals surface area (Å²) >= 11 is 0. The van der Waals surface area contributed by atoms with E-state index < -0.39 is 12.2 Å². The van der Waals surface area contributed by atoms with Crippen molar-refractivity contribution in [1.82, 2.24) is 4.90 Å². The highest BCUT2D eigenvalue weighted by Crippen LogP contribution is 2.08. The van der Waals surface area contributed by atoms with E-state index in [1.54, 1.807) is 7.11 Å². The summed E-state index contributed by atoms with van der Waals surface area (Å²) in [5.41, 5.74) is 0. The summed E-state index contributed by atoms with van der Waals surface area (Å²) in [5.74, 6) is 0. The molecule has 0 spiro atoms. The Kier molecular flexibility index (Phi) is 5.36. The molecule has 2 atom stereocenters. The Balaban J connectivity index is 1.97. The molecule has 1 saturated heterocycles. The highest BCUT2D eigenvalue weighted by molar-refractivity contribution is 4.82. The van der Waals surface area contributed by atoms with Crippen LogP contribution < -0.4 is 0 Å². The molecule has 1 rings (SSSR count). The van der Waals surface area contributed by atoms with E-state index in [-0.39, 0.29) is 0 Å². The van der Waals surface area contributed by atoms with Crippen LogP contribution in [0.15, 0.2) is 0 Å². The van der Waals surface area contributed by atoms with Gasteiger partial charge >= 0.3 is 0 Å². The molecule has 0 amide bonds. The van der Waals surface area contributed by atoms with Crippen molar-refractivity contribution in [2.24, 2.45) is 0 Å². The largest absolute Gasteiger partial charge is 0.389 e. The van der Waals surface area contributed by atoms with Crippen molar-refractivity contribution in [2.45, 2.75) is 12.2 Å². The molecule has 14 heavy (non-hydrogen) atoms. The van der Waals surface area contributed by atoms with Crippen LogP contribution >= 0.6 is 0 Å². The van der Waals surface area contributed by atoms with Crippen molar-refractivity contribution in [3.8, 4) is 0 Å². The van der Waals surface area contributed by atoms with Gasteiger partial charge in [-0.05, 0) is 0 Å². The fraction of sp³-hybridized carbons (Fsp3) is 1.00. The van der Waals surface area contributed by atoms with Crippen LogP contribution in [-0.4, -0.2) is 73.9 Å². The molecule has 0 bridgehead atoms. The molecule has 0 radical (unpaired) electrons. The summed E-state index contributed by atoms with van der Waals surface area (Å²) in [5, 5.41) is 18.5. The second-order valence-electron chi connectivity index (χ2n) is 3.50. The van der Waals surface area contributed by atoms with Gasteiger partial charge in [0.1, 0.15) is 0 Å². The summed E-state index contributed by atoms with van der Waals surface area (Å²) in [7, 11) is 1.64. The van der Waals surface area contributed by atoms with E-state index in [1.807, 2.05) is 4.90 Å². The first-order valence-electron chi connectivity index (χ1n) is 4.89. The molecule has 0 aromatic rings. The maximum absolute atomic E-state index is 9.26. The second-order valence-corrected chi connectivity index (χ2v) is 3.50. The summed E-state index contributed by atoms with van der Waals surface area (Å²) < 4.78 is 10.1. The van der Waals surface area contributed by atoms with Crippen molar-refractivity contribution < 1.29 is 19.7 Å². The van der Waals surface area contributed by atoms with E-state index in [0.29, 0.717) is 32.9 Å². The Hall–Kier alpha value is -0.200. The Morgan fingerprint density at radius 1 is 1.14 bits per heavy atom. The monoisotopic (exact) mass is 205 g/mol. The van der Waals surface area contributed by atoms with Gasteiger partial charge < -0.3 is 19.7 Å². The van der Waals surface area contributed by atoms with Gasteiger partial charge in [0.2, 0.25) is 0 Å². The molecule has 84 valence electrons. The quantitative estimate of drug-likeness (QED) is 0.527. The fourth-order valence-corrected chi connectivity index (χ4v) is 1.47. The Labute approximate surface area is 84.2 Å². The number of nitrogens with zero attached hydrogens (tertiary/aromatic N) is 1. The molecule has 0 saturated carbocycles. The molecule has 0 aromatic heterocycles. The molecular weight excluding hydrogens is 186 g/mol. The molecule has 5 nitrogen and oxygen atoms in total. The SMILES string of the molecule is COCCOCCN1CC(O)C(O)C1. The van der Waals surface area contributed by atoms with Gasteiger partial charge in [-0.1, -0.05) is 0 Å². The van der Waals surface area contributed by atoms with E-state index in [4.69, 9.17) is 9.47 Å². The van der Waals surface area contributed by atoms with E-state index in [9.17, 15) is 10.2 Å². The van der Waals surface area contributed by atoms with Gasteiger partial charge in [-0.2, -0.15) is 0 Å². The first kappa shape index (κ1) is 11.9. The number of hydrogen-bond donors (Lipinski definition) is 2. The number of aliphatic hydroxyl groups is 2. The van der Waals surface area contributed by atoms with Gasteiger partial charge in [-0.25, -0.2) is 0 Å². The molecular formula is C9H19NO4. The number of ether oxygens (including phenoxy) is 2. The zero-order valence-electron chi connectivity index (χ0n) is 8.56. The van der Waals surface area contributed by atoms with Crippen LogP contribution in [0, 0.1) is 0 Å². The zero-order valence-corrected chi connectivity index (χ0v) is 8.56. The molecule has 5 heteroatoms. The first-order valence-corrected chi connectivity index (χ1v) is 4.89. The Bertz CT molecular complexity index is 146. The number of hydrogen-bond acceptors (Lipinski definition) is 5. The van der Waals surface area contributed by atoms with E-state index in [2.05, 4.69) is 0 Å². The van der Waals surface area contributed by atoms with Crippen LogP contribution in [-0.2, 0) is 9.47 Å². The summed E-state index contributed by atoms with van der Waals surface area (Å²) in [6.07, 6.45) is -1.21. The summed E-state index contributed by atoms with van der Waals surface area (Å²) in [4.78, 5) is 1.99. The lowest BCUT2D eigenvalue weighted by molar-refractivity contribution is 0.0572. The minimum Gasteiger partial charge on any atom is -0.389 e. The van der Waals surface area contributed by atoms with Crippen LogP contribution in [0.1, 0.15) is 0 Å². The first-order chi connectivity index (χ1) is 6.74. The number of aliphatic hydroxyl groups excluding tert-OH is 2. The standard InChI is InChI=1S/C9H19NO4/c1-13-4-5-14-3-2-10-6-8(11)9(12)7-10/h8-9,11-12H,2-7H2,1H3. The highest BCUT2D eigenvalue weighted by atomic mass is 16.5. The van der Waals surface area contributed by atoms with E-state index >= 15 is 0 Å². The minimum absolute atomic E-state index is 0.537. The molecule has 1 heterocycles. The average Bonchev–Trinajstić information content (AvgIpc) is 2.46. The van der Waals surface area contributed by atoms with Crippen LogP contribution in [0.25, 0.3) is 0 Å². The topological polar surface area (TPSA) is 62.2 Å². The van der Waals surface area contributed by atoms with Crippen LogP contribution in [0.4, 0.5) is 0 Å². The maximum atomic E-state index is 9.26. The van der Waals surface area contributed by atoms with Crippen LogP contribution in [0.2, 0.25) is 0 Å². The number of rotatable bonds is 6. The normalized spacial score (nSPS) is 28.5. The fourth-order valence-electron chi connectivity index (χ4n) is 1.47. The highest BCUT2D eigenvalue weighted by Gasteiger charge is 2.28. The molecule has 0 aromatic carbocycles. The van der Waals surface area contributed by atoms with Gasteiger partial charge in [0.15, 0.2) is 0 Å². The van der Waals surface area contributed by atoms with Gasteiger partial charge in [0, 0.05) is 26.7 Å². The molecule has 2 unspecified atom stereocenters. The smallest absolute Gasteiger partial charge is 0.0938 e. The average molecular weight is 205 g/mol. The molecule has 1 aliphatic rings.